The molecule has 0 radical (unpaired) electrons. The van der Waals surface area contributed by atoms with Gasteiger partial charge in [-0.1, -0.05) is 54.0 Å². The van der Waals surface area contributed by atoms with Gasteiger partial charge < -0.3 is 5.11 Å². The van der Waals surface area contributed by atoms with Crippen molar-refractivity contribution in [2.75, 3.05) is 0 Å². The molecular weight excluding hydrogens is 232 g/mol. The molecule has 94 valence electrons. The van der Waals surface area contributed by atoms with Gasteiger partial charge in [0.25, 0.3) is 0 Å². The molecule has 0 saturated carbocycles. The van der Waals surface area contributed by atoms with E-state index in [4.69, 9.17) is 0 Å². The van der Waals surface area contributed by atoms with Gasteiger partial charge in [0.1, 0.15) is 5.60 Å². The first-order valence-electron chi connectivity index (χ1n) is 6.27. The molecule has 0 unspecified atom stereocenters. The third-order valence-corrected chi connectivity index (χ3v) is 2.56. The Kier molecular flexibility index (Phi) is 3.91. The van der Waals surface area contributed by atoms with Crippen LogP contribution in [0, 0.1) is 23.7 Å². The van der Waals surface area contributed by atoms with Crippen LogP contribution in [0.4, 0.5) is 0 Å². The molecular formula is C18H16O. The number of hydrogen-bond donors (Lipinski definition) is 1. The summed E-state index contributed by atoms with van der Waals surface area (Å²) in [6.45, 7) is 3.34. The van der Waals surface area contributed by atoms with Crippen LogP contribution in [0.15, 0.2) is 48.1 Å². The molecule has 0 aliphatic heterocycles. The molecule has 1 nitrogen and oxygen atoms in total. The second kappa shape index (κ2) is 5.61. The van der Waals surface area contributed by atoms with Gasteiger partial charge in [-0.2, -0.15) is 0 Å². The van der Waals surface area contributed by atoms with E-state index in [0.29, 0.717) is 0 Å². The van der Waals surface area contributed by atoms with Gasteiger partial charge in [0.05, 0.1) is 0 Å². The summed E-state index contributed by atoms with van der Waals surface area (Å²) in [5.74, 6) is 12.1. The molecule has 0 bridgehead atoms. The first kappa shape index (κ1) is 13.2. The maximum Gasteiger partial charge on any atom is 0.120 e. The minimum atomic E-state index is -0.988. The van der Waals surface area contributed by atoms with Crippen molar-refractivity contribution in [1.29, 1.82) is 0 Å². The van der Waals surface area contributed by atoms with E-state index in [2.05, 4.69) is 29.8 Å². The van der Waals surface area contributed by atoms with Crippen molar-refractivity contribution < 1.29 is 5.11 Å². The number of allylic oxidation sites excluding steroid dienone is 4. The largest absolute Gasteiger partial charge is 0.378 e. The summed E-state index contributed by atoms with van der Waals surface area (Å²) in [5, 5.41) is 9.65. The zero-order valence-electron chi connectivity index (χ0n) is 11.2. The fourth-order valence-corrected chi connectivity index (χ4v) is 1.61. The van der Waals surface area contributed by atoms with E-state index >= 15 is 0 Å². The number of hydrogen-bond acceptors (Lipinski definition) is 1. The highest BCUT2D eigenvalue weighted by Gasteiger charge is 2.06. The predicted octanol–water partition coefficient (Wildman–Crippen LogP) is 3.05. The van der Waals surface area contributed by atoms with Gasteiger partial charge in [-0.3, -0.25) is 0 Å². The van der Waals surface area contributed by atoms with Gasteiger partial charge >= 0.3 is 0 Å². The summed E-state index contributed by atoms with van der Waals surface area (Å²) >= 11 is 0. The molecule has 1 aliphatic carbocycles. The van der Waals surface area contributed by atoms with E-state index in [1.807, 2.05) is 36.4 Å². The topological polar surface area (TPSA) is 20.2 Å². The zero-order chi connectivity index (χ0) is 13.7. The second-order valence-electron chi connectivity index (χ2n) is 4.93. The Labute approximate surface area is 114 Å². The molecule has 0 spiro atoms. The van der Waals surface area contributed by atoms with Crippen molar-refractivity contribution in [3.8, 4) is 23.7 Å². The maximum atomic E-state index is 9.65. The minimum Gasteiger partial charge on any atom is -0.378 e. The molecule has 1 aliphatic rings. The number of aliphatic hydroxyl groups is 1. The molecule has 0 fully saturated rings. The maximum absolute atomic E-state index is 9.65. The van der Waals surface area contributed by atoms with Crippen molar-refractivity contribution in [1.82, 2.24) is 0 Å². The van der Waals surface area contributed by atoms with Crippen LogP contribution in [0.5, 0.6) is 0 Å². The van der Waals surface area contributed by atoms with E-state index < -0.39 is 5.60 Å². The Morgan fingerprint density at radius 3 is 2.32 bits per heavy atom. The average Bonchev–Trinajstić information content (AvgIpc) is 2.87. The molecule has 0 amide bonds. The molecule has 1 heteroatoms. The van der Waals surface area contributed by atoms with Gasteiger partial charge in [0, 0.05) is 16.7 Å². The van der Waals surface area contributed by atoms with E-state index in [-0.39, 0.29) is 0 Å². The summed E-state index contributed by atoms with van der Waals surface area (Å²) in [7, 11) is 0. The van der Waals surface area contributed by atoms with Crippen molar-refractivity contribution in [3.05, 3.63) is 59.2 Å². The monoisotopic (exact) mass is 248 g/mol. The van der Waals surface area contributed by atoms with Crippen LogP contribution in [0.3, 0.4) is 0 Å². The van der Waals surface area contributed by atoms with Crippen molar-refractivity contribution in [2.45, 2.75) is 25.9 Å². The van der Waals surface area contributed by atoms with Crippen LogP contribution in [-0.2, 0) is 0 Å². The second-order valence-corrected chi connectivity index (χ2v) is 4.93. The SMILES string of the molecule is CC(C)(O)C#Cc1ccccc1C#CC1=CC=CC1. The lowest BCUT2D eigenvalue weighted by molar-refractivity contribution is 0.143. The molecule has 0 aromatic heterocycles. The Morgan fingerprint density at radius 2 is 1.74 bits per heavy atom. The summed E-state index contributed by atoms with van der Waals surface area (Å²) < 4.78 is 0. The third-order valence-electron chi connectivity index (χ3n) is 2.56. The summed E-state index contributed by atoms with van der Waals surface area (Å²) in [5.41, 5.74) is 1.87. The fourth-order valence-electron chi connectivity index (χ4n) is 1.61. The normalized spacial score (nSPS) is 13.1. The highest BCUT2D eigenvalue weighted by molar-refractivity contribution is 5.53. The Bertz CT molecular complexity index is 647. The minimum absolute atomic E-state index is 0.851. The predicted molar refractivity (Wildman–Crippen MR) is 78.3 cm³/mol. The molecule has 1 N–H and O–H groups in total. The average molecular weight is 248 g/mol. The van der Waals surface area contributed by atoms with Crippen molar-refractivity contribution in [3.63, 3.8) is 0 Å². The Balaban J connectivity index is 2.28. The number of benzene rings is 1. The van der Waals surface area contributed by atoms with E-state index in [9.17, 15) is 5.11 Å². The molecule has 0 heterocycles. The molecule has 0 atom stereocenters. The molecule has 1 aromatic carbocycles. The fraction of sp³-hybridized carbons (Fsp3) is 0.222. The van der Waals surface area contributed by atoms with Gasteiger partial charge in [-0.05, 0) is 32.4 Å². The van der Waals surface area contributed by atoms with E-state index in [1.165, 1.54) is 0 Å². The summed E-state index contributed by atoms with van der Waals surface area (Å²) in [4.78, 5) is 0. The first-order valence-corrected chi connectivity index (χ1v) is 6.27. The van der Waals surface area contributed by atoms with Gasteiger partial charge in [-0.15, -0.1) is 0 Å². The van der Waals surface area contributed by atoms with Crippen molar-refractivity contribution in [2.24, 2.45) is 0 Å². The van der Waals surface area contributed by atoms with E-state index in [1.54, 1.807) is 13.8 Å². The molecule has 19 heavy (non-hydrogen) atoms. The quantitative estimate of drug-likeness (QED) is 0.700. The molecule has 0 saturated heterocycles. The lowest BCUT2D eigenvalue weighted by Crippen LogP contribution is -2.14. The van der Waals surface area contributed by atoms with Crippen molar-refractivity contribution >= 4 is 0 Å². The smallest absolute Gasteiger partial charge is 0.120 e. The highest BCUT2D eigenvalue weighted by Crippen LogP contribution is 2.11. The Hall–Kier alpha value is -2.22. The Morgan fingerprint density at radius 1 is 1.05 bits per heavy atom. The van der Waals surface area contributed by atoms with Gasteiger partial charge in [-0.25, -0.2) is 0 Å². The van der Waals surface area contributed by atoms with Gasteiger partial charge in [0.15, 0.2) is 0 Å². The van der Waals surface area contributed by atoms with Crippen LogP contribution < -0.4 is 0 Å². The standard InChI is InChI=1S/C18H16O/c1-18(2,19)14-13-17-10-6-5-9-16(17)12-11-15-7-3-4-8-15/h3-7,9-10,19H,8H2,1-2H3. The van der Waals surface area contributed by atoms with Crippen LogP contribution in [-0.4, -0.2) is 10.7 Å². The zero-order valence-corrected chi connectivity index (χ0v) is 11.2. The first-order chi connectivity index (χ1) is 9.04. The highest BCUT2D eigenvalue weighted by atomic mass is 16.3. The van der Waals surface area contributed by atoms with Crippen LogP contribution in [0.1, 0.15) is 31.4 Å². The van der Waals surface area contributed by atoms with Gasteiger partial charge in [0.2, 0.25) is 0 Å². The summed E-state index contributed by atoms with van der Waals surface area (Å²) in [6.07, 6.45) is 7.04. The van der Waals surface area contributed by atoms with Crippen LogP contribution in [0.2, 0.25) is 0 Å². The number of rotatable bonds is 0. The van der Waals surface area contributed by atoms with Crippen LogP contribution >= 0.6 is 0 Å². The lowest BCUT2D eigenvalue weighted by atomic mass is 10.1. The summed E-state index contributed by atoms with van der Waals surface area (Å²) in [6, 6.07) is 7.74. The lowest BCUT2D eigenvalue weighted by Gasteiger charge is -2.06. The molecule has 1 aromatic rings. The third kappa shape index (κ3) is 4.18. The van der Waals surface area contributed by atoms with E-state index in [0.717, 1.165) is 23.1 Å². The van der Waals surface area contributed by atoms with Crippen LogP contribution in [0.25, 0.3) is 0 Å². The molecule has 2 rings (SSSR count).